The van der Waals surface area contributed by atoms with Crippen LogP contribution >= 0.6 is 0 Å². The highest BCUT2D eigenvalue weighted by Crippen LogP contribution is 2.26. The minimum Gasteiger partial charge on any atom is -0.504 e. The lowest BCUT2D eigenvalue weighted by Crippen LogP contribution is -2.28. The molecular weight excluding hydrogens is 290 g/mol. The molecule has 0 bridgehead atoms. The summed E-state index contributed by atoms with van der Waals surface area (Å²) in [5.74, 6) is 1.16. The number of allylic oxidation sites excluding steroid dienone is 2. The lowest BCUT2D eigenvalue weighted by molar-refractivity contribution is -0.124. The van der Waals surface area contributed by atoms with E-state index in [0.717, 1.165) is 24.8 Å². The SMILES string of the molecule is COc1cc(CNC(=O)C(C)CCCC=CC(C)C)ccc1O. The van der Waals surface area contributed by atoms with Crippen LogP contribution in [0.3, 0.4) is 0 Å². The van der Waals surface area contributed by atoms with Crippen LogP contribution in [0.25, 0.3) is 0 Å². The van der Waals surface area contributed by atoms with Crippen molar-refractivity contribution in [3.05, 3.63) is 35.9 Å². The number of nitrogens with one attached hydrogen (secondary N) is 1. The zero-order chi connectivity index (χ0) is 17.2. The maximum absolute atomic E-state index is 12.1. The zero-order valence-electron chi connectivity index (χ0n) is 14.6. The largest absolute Gasteiger partial charge is 0.504 e. The number of phenolic OH excluding ortho intramolecular Hbond substituents is 1. The quantitative estimate of drug-likeness (QED) is 0.533. The van der Waals surface area contributed by atoms with E-state index in [-0.39, 0.29) is 17.6 Å². The highest BCUT2D eigenvalue weighted by molar-refractivity contribution is 5.78. The topological polar surface area (TPSA) is 58.6 Å². The first-order valence-electron chi connectivity index (χ1n) is 8.24. The van der Waals surface area contributed by atoms with Crippen molar-refractivity contribution in [2.45, 2.75) is 46.6 Å². The van der Waals surface area contributed by atoms with Gasteiger partial charge in [0.15, 0.2) is 11.5 Å². The van der Waals surface area contributed by atoms with Crippen LogP contribution in [0.5, 0.6) is 11.5 Å². The monoisotopic (exact) mass is 319 g/mol. The van der Waals surface area contributed by atoms with Crippen LogP contribution in [-0.2, 0) is 11.3 Å². The Morgan fingerprint density at radius 1 is 1.35 bits per heavy atom. The van der Waals surface area contributed by atoms with Crippen LogP contribution in [0.1, 0.15) is 45.6 Å². The molecule has 1 aromatic rings. The van der Waals surface area contributed by atoms with Crippen LogP contribution in [-0.4, -0.2) is 18.1 Å². The van der Waals surface area contributed by atoms with E-state index in [1.54, 1.807) is 18.2 Å². The molecule has 128 valence electrons. The van der Waals surface area contributed by atoms with Gasteiger partial charge in [0.1, 0.15) is 0 Å². The fraction of sp³-hybridized carbons (Fsp3) is 0.526. The third-order valence-electron chi connectivity index (χ3n) is 3.69. The van der Waals surface area contributed by atoms with Crippen molar-refractivity contribution in [2.24, 2.45) is 11.8 Å². The molecule has 0 aliphatic heterocycles. The lowest BCUT2D eigenvalue weighted by atomic mass is 10.0. The zero-order valence-corrected chi connectivity index (χ0v) is 14.6. The van der Waals surface area contributed by atoms with E-state index in [2.05, 4.69) is 31.3 Å². The number of rotatable bonds is 9. The predicted octanol–water partition coefficient (Wildman–Crippen LogP) is 4.04. The number of hydrogen-bond donors (Lipinski definition) is 2. The molecular formula is C19H29NO3. The van der Waals surface area contributed by atoms with Gasteiger partial charge in [0.05, 0.1) is 7.11 Å². The van der Waals surface area contributed by atoms with Gasteiger partial charge in [0, 0.05) is 12.5 Å². The molecule has 23 heavy (non-hydrogen) atoms. The Balaban J connectivity index is 2.35. The van der Waals surface area contributed by atoms with Crippen molar-refractivity contribution in [2.75, 3.05) is 7.11 Å². The molecule has 1 rings (SSSR count). The average Bonchev–Trinajstić information content (AvgIpc) is 2.52. The average molecular weight is 319 g/mol. The summed E-state index contributed by atoms with van der Waals surface area (Å²) in [4.78, 5) is 12.1. The maximum atomic E-state index is 12.1. The summed E-state index contributed by atoms with van der Waals surface area (Å²) in [5.41, 5.74) is 0.903. The normalized spacial score (nSPS) is 12.6. The number of unbranched alkanes of at least 4 members (excludes halogenated alkanes) is 1. The van der Waals surface area contributed by atoms with E-state index in [1.807, 2.05) is 6.92 Å². The molecule has 0 aliphatic carbocycles. The van der Waals surface area contributed by atoms with Gasteiger partial charge in [0.2, 0.25) is 5.91 Å². The molecule has 0 heterocycles. The van der Waals surface area contributed by atoms with Crippen molar-refractivity contribution in [3.63, 3.8) is 0 Å². The highest BCUT2D eigenvalue weighted by Gasteiger charge is 2.12. The van der Waals surface area contributed by atoms with Gasteiger partial charge >= 0.3 is 0 Å². The minimum absolute atomic E-state index is 0.00135. The third-order valence-corrected chi connectivity index (χ3v) is 3.69. The lowest BCUT2D eigenvalue weighted by Gasteiger charge is -2.12. The molecule has 4 heteroatoms. The predicted molar refractivity (Wildman–Crippen MR) is 93.5 cm³/mol. The van der Waals surface area contributed by atoms with Gasteiger partial charge in [0.25, 0.3) is 0 Å². The van der Waals surface area contributed by atoms with Crippen molar-refractivity contribution in [1.29, 1.82) is 0 Å². The molecule has 0 radical (unpaired) electrons. The molecule has 0 fully saturated rings. The van der Waals surface area contributed by atoms with Crippen molar-refractivity contribution in [1.82, 2.24) is 5.32 Å². The van der Waals surface area contributed by atoms with Gasteiger partial charge in [-0.2, -0.15) is 0 Å². The Kier molecular flexibility index (Phi) is 8.23. The van der Waals surface area contributed by atoms with Gasteiger partial charge in [-0.15, -0.1) is 0 Å². The van der Waals surface area contributed by atoms with E-state index in [4.69, 9.17) is 4.74 Å². The van der Waals surface area contributed by atoms with Crippen LogP contribution in [0.4, 0.5) is 0 Å². The summed E-state index contributed by atoms with van der Waals surface area (Å²) >= 11 is 0. The fourth-order valence-corrected chi connectivity index (χ4v) is 2.24. The molecule has 0 saturated carbocycles. The third kappa shape index (κ3) is 7.22. The molecule has 4 nitrogen and oxygen atoms in total. The summed E-state index contributed by atoms with van der Waals surface area (Å²) in [7, 11) is 1.51. The molecule has 0 aliphatic rings. The molecule has 0 aromatic heterocycles. The highest BCUT2D eigenvalue weighted by atomic mass is 16.5. The molecule has 0 saturated heterocycles. The molecule has 2 N–H and O–H groups in total. The summed E-state index contributed by atoms with van der Waals surface area (Å²) in [6.07, 6.45) is 7.31. The van der Waals surface area contributed by atoms with Gasteiger partial charge in [-0.25, -0.2) is 0 Å². The van der Waals surface area contributed by atoms with Gasteiger partial charge in [-0.1, -0.05) is 39.0 Å². The second kappa shape index (κ2) is 9.93. The Bertz CT molecular complexity index is 523. The number of hydrogen-bond acceptors (Lipinski definition) is 3. The molecule has 1 amide bonds. The summed E-state index contributed by atoms with van der Waals surface area (Å²) in [6, 6.07) is 5.08. The number of ether oxygens (including phenoxy) is 1. The Labute approximate surface area is 139 Å². The molecule has 1 unspecified atom stereocenters. The smallest absolute Gasteiger partial charge is 0.223 e. The van der Waals surface area contributed by atoms with Crippen LogP contribution in [0, 0.1) is 11.8 Å². The fourth-order valence-electron chi connectivity index (χ4n) is 2.24. The number of amides is 1. The van der Waals surface area contributed by atoms with Crippen molar-refractivity contribution >= 4 is 5.91 Å². The number of methoxy groups -OCH3 is 1. The van der Waals surface area contributed by atoms with Gasteiger partial charge < -0.3 is 15.2 Å². The summed E-state index contributed by atoms with van der Waals surface area (Å²) in [5, 5.41) is 12.5. The van der Waals surface area contributed by atoms with E-state index < -0.39 is 0 Å². The first kappa shape index (κ1) is 19.1. The Hall–Kier alpha value is -1.97. The van der Waals surface area contributed by atoms with E-state index in [9.17, 15) is 9.90 Å². The minimum atomic E-state index is 0.00135. The number of carbonyl (C=O) groups excluding carboxylic acids is 1. The number of carbonyl (C=O) groups is 1. The van der Waals surface area contributed by atoms with E-state index >= 15 is 0 Å². The number of phenols is 1. The molecule has 1 atom stereocenters. The van der Waals surface area contributed by atoms with Crippen molar-refractivity contribution < 1.29 is 14.6 Å². The van der Waals surface area contributed by atoms with Crippen LogP contribution in [0.2, 0.25) is 0 Å². The number of aromatic hydroxyl groups is 1. The van der Waals surface area contributed by atoms with Crippen LogP contribution in [0.15, 0.2) is 30.4 Å². The first-order valence-corrected chi connectivity index (χ1v) is 8.24. The van der Waals surface area contributed by atoms with E-state index in [1.165, 1.54) is 7.11 Å². The Morgan fingerprint density at radius 3 is 2.74 bits per heavy atom. The second-order valence-electron chi connectivity index (χ2n) is 6.23. The summed E-state index contributed by atoms with van der Waals surface area (Å²) < 4.78 is 5.06. The number of benzene rings is 1. The van der Waals surface area contributed by atoms with Gasteiger partial charge in [-0.05, 0) is 42.9 Å². The van der Waals surface area contributed by atoms with Gasteiger partial charge in [-0.3, -0.25) is 4.79 Å². The van der Waals surface area contributed by atoms with Crippen molar-refractivity contribution in [3.8, 4) is 11.5 Å². The maximum Gasteiger partial charge on any atom is 0.223 e. The molecule has 1 aromatic carbocycles. The van der Waals surface area contributed by atoms with Crippen LogP contribution < -0.4 is 10.1 Å². The summed E-state index contributed by atoms with van der Waals surface area (Å²) in [6.45, 7) is 6.71. The first-order chi connectivity index (χ1) is 10.9. The molecule has 0 spiro atoms. The second-order valence-corrected chi connectivity index (χ2v) is 6.23. The Morgan fingerprint density at radius 2 is 2.09 bits per heavy atom. The standard InChI is InChI=1S/C19H29NO3/c1-14(2)8-6-5-7-9-15(3)19(22)20-13-16-10-11-17(21)18(12-16)23-4/h6,8,10-12,14-15,21H,5,7,9,13H2,1-4H3,(H,20,22). The van der Waals surface area contributed by atoms with E-state index in [0.29, 0.717) is 18.2 Å².